The minimum absolute atomic E-state index is 0. The number of Topliss-reactive ketones (excluding diaryl/α,β-unsaturated/α-hetero) is 1. The third-order valence-electron chi connectivity index (χ3n) is 4.27. The van der Waals surface area contributed by atoms with Crippen LogP contribution in [0.4, 0.5) is 0 Å². The van der Waals surface area contributed by atoms with Gasteiger partial charge in [-0.1, -0.05) is 66.9 Å². The molecule has 26 heavy (non-hydrogen) atoms. The van der Waals surface area contributed by atoms with Gasteiger partial charge in [0.05, 0.1) is 0 Å². The average Bonchev–Trinajstić information content (AvgIpc) is 2.65. The predicted octanol–water partition coefficient (Wildman–Crippen LogP) is 3.87. The second-order valence-corrected chi connectivity index (χ2v) is 6.32. The topological polar surface area (TPSA) is 97.9 Å². The zero-order valence-electron chi connectivity index (χ0n) is 15.1. The highest BCUT2D eigenvalue weighted by atomic mass is 16.5. The van der Waals surface area contributed by atoms with Gasteiger partial charge in [-0.25, -0.2) is 5.48 Å². The molecule has 0 aliphatic rings. The molecule has 140 valence electrons. The molecule has 0 aliphatic heterocycles. The summed E-state index contributed by atoms with van der Waals surface area (Å²) < 4.78 is 0. The number of hydrogen-bond acceptors (Lipinski definition) is 3. The van der Waals surface area contributed by atoms with Crippen LogP contribution in [-0.2, 0) is 4.79 Å². The Morgan fingerprint density at radius 3 is 1.85 bits per heavy atom. The van der Waals surface area contributed by atoms with E-state index in [0.717, 1.165) is 42.4 Å². The number of ketones is 1. The summed E-state index contributed by atoms with van der Waals surface area (Å²) in [5.74, 6) is -0.201. The van der Waals surface area contributed by atoms with E-state index in [-0.39, 0.29) is 17.2 Å². The van der Waals surface area contributed by atoms with Gasteiger partial charge in [0.2, 0.25) is 5.91 Å². The van der Waals surface area contributed by atoms with Gasteiger partial charge in [-0.3, -0.25) is 14.8 Å². The van der Waals surface area contributed by atoms with Crippen LogP contribution in [0.25, 0.3) is 11.1 Å². The van der Waals surface area contributed by atoms with Gasteiger partial charge in [0.15, 0.2) is 5.78 Å². The smallest absolute Gasteiger partial charge is 0.243 e. The maximum atomic E-state index is 12.2. The first-order valence-corrected chi connectivity index (χ1v) is 8.73. The van der Waals surface area contributed by atoms with E-state index in [1.807, 2.05) is 24.3 Å². The van der Waals surface area contributed by atoms with E-state index in [9.17, 15) is 9.59 Å². The van der Waals surface area contributed by atoms with Gasteiger partial charge in [0, 0.05) is 18.4 Å². The monoisotopic (exact) mass is 357 g/mol. The largest absolute Gasteiger partial charge is 0.412 e. The average molecular weight is 357 g/mol. The van der Waals surface area contributed by atoms with Crippen molar-refractivity contribution in [3.63, 3.8) is 0 Å². The van der Waals surface area contributed by atoms with Gasteiger partial charge in [0.25, 0.3) is 0 Å². The molecule has 5 heteroatoms. The first kappa shape index (κ1) is 21.5. The number of amides is 1. The zero-order valence-corrected chi connectivity index (χ0v) is 15.1. The Bertz CT molecular complexity index is 693. The zero-order chi connectivity index (χ0) is 18.1. The fourth-order valence-corrected chi connectivity index (χ4v) is 2.72. The van der Waals surface area contributed by atoms with E-state index >= 15 is 0 Å². The molecule has 0 aromatic heterocycles. The van der Waals surface area contributed by atoms with Crippen LogP contribution in [0.15, 0.2) is 48.5 Å². The van der Waals surface area contributed by atoms with Crippen molar-refractivity contribution >= 4 is 11.7 Å². The number of unbranched alkanes of at least 4 members (excludes halogenated alkanes) is 3. The molecule has 1 amide bonds. The molecule has 0 bridgehead atoms. The number of nitrogens with one attached hydrogen (secondary N) is 1. The molecule has 2 rings (SSSR count). The summed E-state index contributed by atoms with van der Waals surface area (Å²) in [6.07, 6.45) is 4.19. The minimum atomic E-state index is -0.357. The van der Waals surface area contributed by atoms with Gasteiger partial charge < -0.3 is 5.48 Å². The number of hydrogen-bond donors (Lipinski definition) is 2. The summed E-state index contributed by atoms with van der Waals surface area (Å²) in [7, 11) is 0. The van der Waals surface area contributed by atoms with E-state index in [1.54, 1.807) is 5.48 Å². The van der Waals surface area contributed by atoms with Crippen LogP contribution in [0.5, 0.6) is 0 Å². The highest BCUT2D eigenvalue weighted by Crippen LogP contribution is 2.21. The van der Waals surface area contributed by atoms with Crippen molar-refractivity contribution in [3.05, 3.63) is 59.7 Å². The van der Waals surface area contributed by atoms with Crippen LogP contribution >= 0.6 is 0 Å². The van der Waals surface area contributed by atoms with Gasteiger partial charge >= 0.3 is 0 Å². The Morgan fingerprint density at radius 1 is 0.808 bits per heavy atom. The summed E-state index contributed by atoms with van der Waals surface area (Å²) in [4.78, 5) is 23.1. The van der Waals surface area contributed by atoms with Crippen LogP contribution < -0.4 is 5.48 Å². The fourth-order valence-electron chi connectivity index (χ4n) is 2.72. The van der Waals surface area contributed by atoms with Crippen molar-refractivity contribution in [3.8, 4) is 11.1 Å². The number of benzene rings is 2. The molecule has 0 atom stereocenters. The van der Waals surface area contributed by atoms with Crippen molar-refractivity contribution < 1.29 is 20.3 Å². The highest BCUT2D eigenvalue weighted by molar-refractivity contribution is 5.96. The number of hydroxylamine groups is 1. The molecular weight excluding hydrogens is 330 g/mol. The maximum absolute atomic E-state index is 12.2. The molecule has 2 aromatic carbocycles. The summed E-state index contributed by atoms with van der Waals surface area (Å²) >= 11 is 0. The Labute approximate surface area is 154 Å². The van der Waals surface area contributed by atoms with Crippen molar-refractivity contribution in [2.75, 3.05) is 0 Å². The lowest BCUT2D eigenvalue weighted by Gasteiger charge is -2.05. The lowest BCUT2D eigenvalue weighted by Crippen LogP contribution is -2.17. The van der Waals surface area contributed by atoms with Gasteiger partial charge in [-0.15, -0.1) is 0 Å². The molecule has 0 saturated carbocycles. The number of rotatable bonds is 9. The first-order chi connectivity index (χ1) is 12.1. The molecular formula is C21H27NO4. The molecule has 5 nitrogen and oxygen atoms in total. The predicted molar refractivity (Wildman–Crippen MR) is 102 cm³/mol. The molecule has 2 aromatic rings. The Balaban J connectivity index is 0.00000338. The summed E-state index contributed by atoms with van der Waals surface area (Å²) in [6.45, 7) is 2.06. The lowest BCUT2D eigenvalue weighted by atomic mass is 9.99. The maximum Gasteiger partial charge on any atom is 0.243 e. The Morgan fingerprint density at radius 2 is 1.31 bits per heavy atom. The first-order valence-electron chi connectivity index (χ1n) is 8.73. The Kier molecular flexibility index (Phi) is 9.26. The van der Waals surface area contributed by atoms with Crippen molar-refractivity contribution in [2.45, 2.75) is 45.4 Å². The lowest BCUT2D eigenvalue weighted by molar-refractivity contribution is -0.129. The molecule has 0 radical (unpaired) electrons. The Hall–Kier alpha value is -2.50. The van der Waals surface area contributed by atoms with Crippen LogP contribution in [0.1, 0.15) is 54.4 Å². The van der Waals surface area contributed by atoms with Crippen molar-refractivity contribution in [1.82, 2.24) is 5.48 Å². The third kappa shape index (κ3) is 6.78. The SMILES string of the molecule is Cc1ccc(-c2ccc(C(=O)CCCCCCC(=O)NO)cc2)cc1.O. The molecule has 0 spiro atoms. The van der Waals surface area contributed by atoms with Crippen LogP contribution in [0, 0.1) is 6.92 Å². The molecule has 0 aliphatic carbocycles. The van der Waals surface area contributed by atoms with Crippen LogP contribution in [0.3, 0.4) is 0 Å². The molecule has 0 unspecified atom stereocenters. The second kappa shape index (κ2) is 11.2. The standard InChI is InChI=1S/C21H25NO3.H2O/c1-16-8-10-17(11-9-16)18-12-14-19(15-13-18)20(23)6-4-2-3-5-7-21(24)22-25;/h8-15,25H,2-7H2,1H3,(H,22,24);1H2. The third-order valence-corrected chi connectivity index (χ3v) is 4.27. The van der Waals surface area contributed by atoms with Crippen molar-refractivity contribution in [2.24, 2.45) is 0 Å². The second-order valence-electron chi connectivity index (χ2n) is 6.32. The van der Waals surface area contributed by atoms with Crippen LogP contribution in [-0.4, -0.2) is 22.4 Å². The van der Waals surface area contributed by atoms with E-state index in [0.29, 0.717) is 12.8 Å². The molecule has 0 fully saturated rings. The highest BCUT2D eigenvalue weighted by Gasteiger charge is 2.06. The number of aryl methyl sites for hydroxylation is 1. The van der Waals surface area contributed by atoms with E-state index < -0.39 is 0 Å². The summed E-state index contributed by atoms with van der Waals surface area (Å²) in [6, 6.07) is 16.1. The normalized spacial score (nSPS) is 10.1. The van der Waals surface area contributed by atoms with E-state index in [1.165, 1.54) is 5.56 Å². The fraction of sp³-hybridized carbons (Fsp3) is 0.333. The van der Waals surface area contributed by atoms with E-state index in [2.05, 4.69) is 31.2 Å². The summed E-state index contributed by atoms with van der Waals surface area (Å²) in [5.41, 5.74) is 5.86. The molecule has 0 saturated heterocycles. The van der Waals surface area contributed by atoms with Gasteiger partial charge in [0.1, 0.15) is 0 Å². The number of carbonyl (C=O) groups excluding carboxylic acids is 2. The minimum Gasteiger partial charge on any atom is -0.412 e. The quantitative estimate of drug-likeness (QED) is 0.308. The van der Waals surface area contributed by atoms with E-state index in [4.69, 9.17) is 5.21 Å². The van der Waals surface area contributed by atoms with Gasteiger partial charge in [-0.2, -0.15) is 0 Å². The number of carbonyl (C=O) groups is 2. The summed E-state index contributed by atoms with van der Waals surface area (Å²) in [5, 5.41) is 8.40. The van der Waals surface area contributed by atoms with Gasteiger partial charge in [-0.05, 0) is 30.9 Å². The molecule has 0 heterocycles. The molecule has 4 N–H and O–H groups in total. The van der Waals surface area contributed by atoms with Crippen molar-refractivity contribution in [1.29, 1.82) is 0 Å². The van der Waals surface area contributed by atoms with Crippen LogP contribution in [0.2, 0.25) is 0 Å².